The molecule has 0 saturated heterocycles. The lowest BCUT2D eigenvalue weighted by molar-refractivity contribution is -0.146. The highest BCUT2D eigenvalue weighted by Crippen LogP contribution is 2.26. The first kappa shape index (κ1) is 17.8. The molecule has 1 aromatic rings. The van der Waals surface area contributed by atoms with Gasteiger partial charge in [-0.2, -0.15) is 0 Å². The Morgan fingerprint density at radius 3 is 2.81 bits per heavy atom. The lowest BCUT2D eigenvalue weighted by Gasteiger charge is -2.13. The summed E-state index contributed by atoms with van der Waals surface area (Å²) in [4.78, 5) is 11.6. The van der Waals surface area contributed by atoms with Crippen molar-refractivity contribution in [3.05, 3.63) is 28.8 Å². The number of esters is 1. The van der Waals surface area contributed by atoms with Gasteiger partial charge in [0.25, 0.3) is 0 Å². The van der Waals surface area contributed by atoms with Crippen LogP contribution in [0.1, 0.15) is 38.7 Å². The van der Waals surface area contributed by atoms with Crippen molar-refractivity contribution in [2.45, 2.75) is 39.7 Å². The van der Waals surface area contributed by atoms with Crippen LogP contribution in [0.4, 0.5) is 0 Å². The van der Waals surface area contributed by atoms with Crippen molar-refractivity contribution in [2.24, 2.45) is 0 Å². The SMILES string of the molecule is CCCCOC(=O)COc1cccc(Cl)c1CNCCC. The third kappa shape index (κ3) is 6.82. The van der Waals surface area contributed by atoms with E-state index < -0.39 is 0 Å². The molecule has 0 unspecified atom stereocenters. The van der Waals surface area contributed by atoms with E-state index in [2.05, 4.69) is 12.2 Å². The number of rotatable bonds is 10. The number of hydrogen-bond donors (Lipinski definition) is 1. The number of carbonyl (C=O) groups excluding carboxylic acids is 1. The maximum Gasteiger partial charge on any atom is 0.344 e. The summed E-state index contributed by atoms with van der Waals surface area (Å²) in [6.45, 7) is 6.02. The van der Waals surface area contributed by atoms with Crippen molar-refractivity contribution in [1.29, 1.82) is 0 Å². The minimum atomic E-state index is -0.351. The summed E-state index contributed by atoms with van der Waals surface area (Å²) in [7, 11) is 0. The van der Waals surface area contributed by atoms with Crippen molar-refractivity contribution in [2.75, 3.05) is 19.8 Å². The number of carbonyl (C=O) groups is 1. The number of unbranched alkanes of at least 4 members (excludes halogenated alkanes) is 1. The van der Waals surface area contributed by atoms with Crippen molar-refractivity contribution in [3.63, 3.8) is 0 Å². The molecule has 1 N–H and O–H groups in total. The molecule has 0 saturated carbocycles. The molecule has 0 atom stereocenters. The second-order valence-electron chi connectivity index (χ2n) is 4.76. The molecule has 0 aliphatic carbocycles. The van der Waals surface area contributed by atoms with Crippen LogP contribution < -0.4 is 10.1 Å². The fraction of sp³-hybridized carbons (Fsp3) is 0.562. The Balaban J connectivity index is 2.53. The third-order valence-corrected chi connectivity index (χ3v) is 3.27. The van der Waals surface area contributed by atoms with Crippen molar-refractivity contribution in [3.8, 4) is 5.75 Å². The number of ether oxygens (including phenoxy) is 2. The Morgan fingerprint density at radius 1 is 1.29 bits per heavy atom. The quantitative estimate of drug-likeness (QED) is 0.530. The van der Waals surface area contributed by atoms with E-state index in [4.69, 9.17) is 21.1 Å². The fourth-order valence-electron chi connectivity index (χ4n) is 1.74. The van der Waals surface area contributed by atoms with Crippen LogP contribution in [0.5, 0.6) is 5.75 Å². The van der Waals surface area contributed by atoms with Gasteiger partial charge in [0.15, 0.2) is 6.61 Å². The summed E-state index contributed by atoms with van der Waals surface area (Å²) in [5, 5.41) is 3.92. The molecule has 0 bridgehead atoms. The molecule has 0 amide bonds. The average Bonchev–Trinajstić information content (AvgIpc) is 2.48. The first-order chi connectivity index (χ1) is 10.2. The van der Waals surface area contributed by atoms with Crippen molar-refractivity contribution < 1.29 is 14.3 Å². The summed E-state index contributed by atoms with van der Waals surface area (Å²) in [5.74, 6) is 0.273. The van der Waals surface area contributed by atoms with E-state index >= 15 is 0 Å². The van der Waals surface area contributed by atoms with E-state index in [0.29, 0.717) is 23.9 Å². The van der Waals surface area contributed by atoms with E-state index in [1.54, 1.807) is 0 Å². The molecule has 0 aliphatic rings. The monoisotopic (exact) mass is 313 g/mol. The second kappa shape index (κ2) is 10.5. The smallest absolute Gasteiger partial charge is 0.344 e. The Labute approximate surface area is 131 Å². The number of hydrogen-bond acceptors (Lipinski definition) is 4. The summed E-state index contributed by atoms with van der Waals surface area (Å²) in [5.41, 5.74) is 0.869. The minimum Gasteiger partial charge on any atom is -0.482 e. The largest absolute Gasteiger partial charge is 0.482 e. The maximum atomic E-state index is 11.6. The average molecular weight is 314 g/mol. The van der Waals surface area contributed by atoms with Gasteiger partial charge in [-0.25, -0.2) is 4.79 Å². The summed E-state index contributed by atoms with van der Waals surface area (Å²) >= 11 is 6.19. The molecular formula is C16H24ClNO3. The molecule has 4 nitrogen and oxygen atoms in total. The third-order valence-electron chi connectivity index (χ3n) is 2.91. The van der Waals surface area contributed by atoms with Gasteiger partial charge in [0.05, 0.1) is 6.61 Å². The summed E-state index contributed by atoms with van der Waals surface area (Å²) in [6.07, 6.45) is 2.91. The molecule has 21 heavy (non-hydrogen) atoms. The molecule has 0 heterocycles. The molecule has 0 fully saturated rings. The zero-order valence-electron chi connectivity index (χ0n) is 12.8. The lowest BCUT2D eigenvalue weighted by Crippen LogP contribution is -2.18. The zero-order chi connectivity index (χ0) is 15.5. The molecule has 0 aliphatic heterocycles. The molecule has 0 aromatic heterocycles. The van der Waals surface area contributed by atoms with E-state index in [1.807, 2.05) is 25.1 Å². The number of halogens is 1. The van der Waals surface area contributed by atoms with Crippen molar-refractivity contribution in [1.82, 2.24) is 5.32 Å². The van der Waals surface area contributed by atoms with Crippen LogP contribution in [-0.4, -0.2) is 25.7 Å². The first-order valence-corrected chi connectivity index (χ1v) is 7.83. The Hall–Kier alpha value is -1.26. The number of nitrogens with one attached hydrogen (secondary N) is 1. The summed E-state index contributed by atoms with van der Waals surface area (Å²) < 4.78 is 10.6. The fourth-order valence-corrected chi connectivity index (χ4v) is 1.98. The van der Waals surface area contributed by atoms with E-state index in [0.717, 1.165) is 31.4 Å². The second-order valence-corrected chi connectivity index (χ2v) is 5.16. The van der Waals surface area contributed by atoms with Gasteiger partial charge in [-0.15, -0.1) is 0 Å². The first-order valence-electron chi connectivity index (χ1n) is 7.45. The number of benzene rings is 1. The van der Waals surface area contributed by atoms with E-state index in [9.17, 15) is 4.79 Å². The molecule has 1 aromatic carbocycles. The highest BCUT2D eigenvalue weighted by molar-refractivity contribution is 6.31. The Kier molecular flexibility index (Phi) is 8.87. The van der Waals surface area contributed by atoms with Gasteiger partial charge in [-0.3, -0.25) is 0 Å². The van der Waals surface area contributed by atoms with Crippen LogP contribution in [0.25, 0.3) is 0 Å². The highest BCUT2D eigenvalue weighted by Gasteiger charge is 2.10. The molecule has 1 rings (SSSR count). The maximum absolute atomic E-state index is 11.6. The molecule has 5 heteroatoms. The summed E-state index contributed by atoms with van der Waals surface area (Å²) in [6, 6.07) is 5.44. The van der Waals surface area contributed by atoms with Crippen LogP contribution >= 0.6 is 11.6 Å². The normalized spacial score (nSPS) is 10.4. The van der Waals surface area contributed by atoms with Gasteiger partial charge in [-0.05, 0) is 31.5 Å². The van der Waals surface area contributed by atoms with Gasteiger partial charge < -0.3 is 14.8 Å². The lowest BCUT2D eigenvalue weighted by atomic mass is 10.2. The Morgan fingerprint density at radius 2 is 2.10 bits per heavy atom. The van der Waals surface area contributed by atoms with Crippen molar-refractivity contribution >= 4 is 17.6 Å². The standard InChI is InChI=1S/C16H24ClNO3/c1-3-5-10-20-16(19)12-21-15-8-6-7-14(17)13(15)11-18-9-4-2/h6-8,18H,3-5,9-12H2,1-2H3. The molecular weight excluding hydrogens is 290 g/mol. The van der Waals surface area contributed by atoms with Gasteiger partial charge in [0.1, 0.15) is 5.75 Å². The van der Waals surface area contributed by atoms with Gasteiger partial charge in [0, 0.05) is 17.1 Å². The van der Waals surface area contributed by atoms with Gasteiger partial charge in [-0.1, -0.05) is 37.9 Å². The topological polar surface area (TPSA) is 47.6 Å². The molecule has 118 valence electrons. The zero-order valence-corrected chi connectivity index (χ0v) is 13.5. The van der Waals surface area contributed by atoms with Gasteiger partial charge in [0.2, 0.25) is 0 Å². The molecule has 0 spiro atoms. The van der Waals surface area contributed by atoms with Crippen LogP contribution in [0.2, 0.25) is 5.02 Å². The predicted molar refractivity (Wildman–Crippen MR) is 84.8 cm³/mol. The Bertz CT molecular complexity index is 438. The van der Waals surface area contributed by atoms with Crippen LogP contribution in [-0.2, 0) is 16.1 Å². The van der Waals surface area contributed by atoms with E-state index in [1.165, 1.54) is 0 Å². The van der Waals surface area contributed by atoms with Gasteiger partial charge >= 0.3 is 5.97 Å². The predicted octanol–water partition coefficient (Wildman–Crippen LogP) is 3.56. The highest BCUT2D eigenvalue weighted by atomic mass is 35.5. The van der Waals surface area contributed by atoms with E-state index in [-0.39, 0.29) is 12.6 Å². The van der Waals surface area contributed by atoms with Crippen LogP contribution in [0, 0.1) is 0 Å². The molecule has 0 radical (unpaired) electrons. The van der Waals surface area contributed by atoms with Crippen LogP contribution in [0.3, 0.4) is 0 Å². The van der Waals surface area contributed by atoms with Crippen LogP contribution in [0.15, 0.2) is 18.2 Å². The minimum absolute atomic E-state index is 0.0924.